The van der Waals surface area contributed by atoms with Crippen LogP contribution in [0.4, 0.5) is 22.5 Å². The van der Waals surface area contributed by atoms with Crippen molar-refractivity contribution < 1.29 is 4.79 Å². The molecule has 0 saturated carbocycles. The predicted octanol–water partition coefficient (Wildman–Crippen LogP) is 3.67. The van der Waals surface area contributed by atoms with Crippen molar-refractivity contribution in [3.63, 3.8) is 0 Å². The summed E-state index contributed by atoms with van der Waals surface area (Å²) in [5.74, 6) is 1.90. The van der Waals surface area contributed by atoms with E-state index in [-0.39, 0.29) is 23.3 Å². The van der Waals surface area contributed by atoms with Crippen LogP contribution in [0.1, 0.15) is 46.1 Å². The summed E-state index contributed by atoms with van der Waals surface area (Å²) in [5.41, 5.74) is 1.57. The van der Waals surface area contributed by atoms with Gasteiger partial charge in [-0.25, -0.2) is 15.0 Å². The van der Waals surface area contributed by atoms with Gasteiger partial charge in [0.2, 0.25) is 5.91 Å². The number of aromatic nitrogens is 3. The van der Waals surface area contributed by atoms with Crippen molar-refractivity contribution in [2.75, 3.05) is 16.0 Å². The summed E-state index contributed by atoms with van der Waals surface area (Å²) in [7, 11) is 0. The molecule has 0 radical (unpaired) electrons. The molecular formula is C17H24N6OS. The molecule has 1 unspecified atom stereocenters. The smallest absolute Gasteiger partial charge is 0.247 e. The highest BCUT2D eigenvalue weighted by Gasteiger charge is 2.31. The maximum atomic E-state index is 12.4. The molecule has 0 aliphatic carbocycles. The molecule has 134 valence electrons. The number of thiazole rings is 1. The minimum Gasteiger partial charge on any atom is -0.356 e. The van der Waals surface area contributed by atoms with Gasteiger partial charge in [0.05, 0.1) is 5.69 Å². The minimum absolute atomic E-state index is 0.0162. The molecule has 1 aliphatic rings. The molecule has 7 nitrogen and oxygen atoms in total. The second-order valence-electron chi connectivity index (χ2n) is 7.61. The van der Waals surface area contributed by atoms with Crippen LogP contribution in [0.25, 0.3) is 0 Å². The van der Waals surface area contributed by atoms with E-state index in [0.29, 0.717) is 23.1 Å². The molecule has 3 rings (SSSR count). The molecule has 1 amide bonds. The lowest BCUT2D eigenvalue weighted by Crippen LogP contribution is -2.43. The molecule has 0 bridgehead atoms. The van der Waals surface area contributed by atoms with Crippen molar-refractivity contribution in [2.24, 2.45) is 5.92 Å². The third kappa shape index (κ3) is 3.58. The number of rotatable bonds is 3. The predicted molar refractivity (Wildman–Crippen MR) is 102 cm³/mol. The largest absolute Gasteiger partial charge is 0.356 e. The standard InChI is InChI=1S/C17H24N6OS/c1-8(2)11-15(24)22-12-13(21-11)18-9(3)19-14(12)23-16-20-10(7-25-16)17(4,5)6/h7-8,11H,1-6H3,(H,22,24)(H2,18,19,20,21,23). The van der Waals surface area contributed by atoms with Crippen LogP contribution >= 0.6 is 11.3 Å². The highest BCUT2D eigenvalue weighted by molar-refractivity contribution is 7.13. The Morgan fingerprint density at radius 2 is 1.96 bits per heavy atom. The zero-order valence-electron chi connectivity index (χ0n) is 15.4. The zero-order chi connectivity index (χ0) is 18.4. The Labute approximate surface area is 151 Å². The van der Waals surface area contributed by atoms with E-state index in [1.807, 2.05) is 26.2 Å². The van der Waals surface area contributed by atoms with Crippen molar-refractivity contribution in [1.82, 2.24) is 15.0 Å². The molecule has 8 heteroatoms. The Morgan fingerprint density at radius 3 is 2.56 bits per heavy atom. The number of anilines is 4. The van der Waals surface area contributed by atoms with E-state index in [0.717, 1.165) is 10.8 Å². The van der Waals surface area contributed by atoms with Crippen LogP contribution in [0.2, 0.25) is 0 Å². The van der Waals surface area contributed by atoms with Gasteiger partial charge in [0.25, 0.3) is 0 Å². The molecule has 2 aromatic rings. The lowest BCUT2D eigenvalue weighted by atomic mass is 9.93. The Morgan fingerprint density at radius 1 is 1.24 bits per heavy atom. The second-order valence-corrected chi connectivity index (χ2v) is 8.47. The first kappa shape index (κ1) is 17.6. The van der Waals surface area contributed by atoms with Gasteiger partial charge in [0, 0.05) is 10.8 Å². The lowest BCUT2D eigenvalue weighted by Gasteiger charge is -2.29. The van der Waals surface area contributed by atoms with Crippen molar-refractivity contribution in [3.05, 3.63) is 16.9 Å². The molecule has 0 spiro atoms. The van der Waals surface area contributed by atoms with E-state index in [4.69, 9.17) is 0 Å². The van der Waals surface area contributed by atoms with Crippen LogP contribution in [0, 0.1) is 12.8 Å². The summed E-state index contributed by atoms with van der Waals surface area (Å²) in [6.07, 6.45) is 0. The Bertz CT molecular complexity index is 808. The molecular weight excluding hydrogens is 336 g/mol. The van der Waals surface area contributed by atoms with E-state index >= 15 is 0 Å². The molecule has 0 saturated heterocycles. The molecule has 3 N–H and O–H groups in total. The van der Waals surface area contributed by atoms with Crippen LogP contribution in [0.15, 0.2) is 5.38 Å². The number of nitrogens with zero attached hydrogens (tertiary/aromatic N) is 3. The molecule has 3 heterocycles. The Hall–Kier alpha value is -2.22. The number of hydrogen-bond donors (Lipinski definition) is 3. The molecule has 0 fully saturated rings. The summed E-state index contributed by atoms with van der Waals surface area (Å²) >= 11 is 1.52. The van der Waals surface area contributed by atoms with Gasteiger partial charge < -0.3 is 16.0 Å². The number of amides is 1. The van der Waals surface area contributed by atoms with Gasteiger partial charge in [-0.15, -0.1) is 11.3 Å². The third-order valence-corrected chi connectivity index (χ3v) is 4.77. The molecule has 25 heavy (non-hydrogen) atoms. The van der Waals surface area contributed by atoms with E-state index < -0.39 is 0 Å². The van der Waals surface area contributed by atoms with Crippen molar-refractivity contribution in [1.29, 1.82) is 0 Å². The van der Waals surface area contributed by atoms with E-state index in [1.165, 1.54) is 11.3 Å². The monoisotopic (exact) mass is 360 g/mol. The highest BCUT2D eigenvalue weighted by Crippen LogP contribution is 2.35. The number of nitrogens with one attached hydrogen (secondary N) is 3. The fourth-order valence-electron chi connectivity index (χ4n) is 2.55. The first-order valence-corrected chi connectivity index (χ1v) is 9.22. The van der Waals surface area contributed by atoms with Gasteiger partial charge in [-0.3, -0.25) is 4.79 Å². The van der Waals surface area contributed by atoms with E-state index in [2.05, 4.69) is 51.7 Å². The quantitative estimate of drug-likeness (QED) is 0.773. The highest BCUT2D eigenvalue weighted by atomic mass is 32.1. The summed E-state index contributed by atoms with van der Waals surface area (Å²) in [6, 6.07) is -0.304. The third-order valence-electron chi connectivity index (χ3n) is 4.01. The average Bonchev–Trinajstić information content (AvgIpc) is 2.96. The zero-order valence-corrected chi connectivity index (χ0v) is 16.2. The fraction of sp³-hybridized carbons (Fsp3) is 0.529. The van der Waals surface area contributed by atoms with Crippen LogP contribution in [0.3, 0.4) is 0 Å². The Kier molecular flexibility index (Phi) is 4.40. The van der Waals surface area contributed by atoms with Crippen LogP contribution < -0.4 is 16.0 Å². The second kappa shape index (κ2) is 6.25. The SMILES string of the molecule is Cc1nc(Nc2nc(C(C)(C)C)cs2)c2c(n1)NC(C(C)C)C(=O)N2. The first-order chi connectivity index (χ1) is 11.6. The average molecular weight is 360 g/mol. The maximum absolute atomic E-state index is 12.4. The van der Waals surface area contributed by atoms with E-state index in [9.17, 15) is 4.79 Å². The fourth-order valence-corrected chi connectivity index (χ4v) is 3.48. The van der Waals surface area contributed by atoms with Gasteiger partial charge in [0.15, 0.2) is 16.8 Å². The first-order valence-electron chi connectivity index (χ1n) is 8.34. The van der Waals surface area contributed by atoms with Gasteiger partial charge in [0.1, 0.15) is 17.6 Å². The molecule has 1 aliphatic heterocycles. The maximum Gasteiger partial charge on any atom is 0.247 e. The van der Waals surface area contributed by atoms with Crippen molar-refractivity contribution in [3.8, 4) is 0 Å². The van der Waals surface area contributed by atoms with Gasteiger partial charge >= 0.3 is 0 Å². The normalized spacial score (nSPS) is 17.1. The lowest BCUT2D eigenvalue weighted by molar-refractivity contribution is -0.117. The van der Waals surface area contributed by atoms with Crippen LogP contribution in [-0.2, 0) is 10.2 Å². The molecule has 0 aromatic carbocycles. The van der Waals surface area contributed by atoms with E-state index in [1.54, 1.807) is 0 Å². The van der Waals surface area contributed by atoms with Gasteiger partial charge in [-0.1, -0.05) is 34.6 Å². The molecule has 1 atom stereocenters. The number of hydrogen-bond acceptors (Lipinski definition) is 7. The van der Waals surface area contributed by atoms with Crippen molar-refractivity contribution >= 4 is 39.7 Å². The van der Waals surface area contributed by atoms with Gasteiger partial charge in [-0.05, 0) is 12.8 Å². The number of carbonyl (C=O) groups excluding carboxylic acids is 1. The number of fused-ring (bicyclic) bond motifs is 1. The topological polar surface area (TPSA) is 91.8 Å². The van der Waals surface area contributed by atoms with Crippen LogP contribution in [-0.4, -0.2) is 26.9 Å². The summed E-state index contributed by atoms with van der Waals surface area (Å²) in [5, 5.41) is 12.2. The van der Waals surface area contributed by atoms with Gasteiger partial charge in [-0.2, -0.15) is 0 Å². The minimum atomic E-state index is -0.304. The summed E-state index contributed by atoms with van der Waals surface area (Å²) in [4.78, 5) is 25.9. The number of carbonyl (C=O) groups is 1. The van der Waals surface area contributed by atoms with Crippen molar-refractivity contribution in [2.45, 2.75) is 53.0 Å². The van der Waals surface area contributed by atoms with Crippen LogP contribution in [0.5, 0.6) is 0 Å². The summed E-state index contributed by atoms with van der Waals surface area (Å²) in [6.45, 7) is 12.2. The number of aryl methyl sites for hydroxylation is 1. The molecule has 2 aromatic heterocycles. The summed E-state index contributed by atoms with van der Waals surface area (Å²) < 4.78 is 0. The Balaban J connectivity index is 1.93.